The zero-order chi connectivity index (χ0) is 21.2. The summed E-state index contributed by atoms with van der Waals surface area (Å²) in [5, 5.41) is 3.26. The molecule has 3 heterocycles. The molecule has 3 aromatic rings. The maximum Gasteiger partial charge on any atom is 0.232 e. The van der Waals surface area contributed by atoms with Crippen molar-refractivity contribution in [3.05, 3.63) is 59.4 Å². The van der Waals surface area contributed by atoms with E-state index in [1.165, 1.54) is 5.56 Å². The van der Waals surface area contributed by atoms with Gasteiger partial charge in [-0.05, 0) is 55.6 Å². The fraction of sp³-hybridized carbons (Fsp3) is 0.348. The Labute approximate surface area is 181 Å². The zero-order valence-electron chi connectivity index (χ0n) is 17.5. The van der Waals surface area contributed by atoms with Crippen molar-refractivity contribution >= 4 is 17.6 Å². The molecular formula is C23H26N6O2. The van der Waals surface area contributed by atoms with E-state index in [4.69, 9.17) is 15.2 Å². The fourth-order valence-electron chi connectivity index (χ4n) is 4.24. The molecule has 8 nitrogen and oxygen atoms in total. The number of aryl methyl sites for hydroxylation is 1. The van der Waals surface area contributed by atoms with Gasteiger partial charge in [0.2, 0.25) is 11.9 Å². The molecule has 1 fully saturated rings. The number of hydrogen-bond donors (Lipinski definition) is 2. The van der Waals surface area contributed by atoms with Crippen LogP contribution in [0.1, 0.15) is 35.8 Å². The minimum absolute atomic E-state index is 0.219. The zero-order valence-corrected chi connectivity index (χ0v) is 17.5. The van der Waals surface area contributed by atoms with Crippen molar-refractivity contribution < 1.29 is 9.47 Å². The average molecular weight is 419 g/mol. The summed E-state index contributed by atoms with van der Waals surface area (Å²) in [5.74, 6) is 2.98. The average Bonchev–Trinajstić information content (AvgIpc) is 3.23. The maximum atomic E-state index is 6.00. The molecule has 0 spiro atoms. The van der Waals surface area contributed by atoms with E-state index in [1.54, 1.807) is 0 Å². The second-order valence-corrected chi connectivity index (χ2v) is 7.90. The predicted octanol–water partition coefficient (Wildman–Crippen LogP) is 3.61. The van der Waals surface area contributed by atoms with Gasteiger partial charge in [0.1, 0.15) is 19.0 Å². The number of hydrogen-bond acceptors (Lipinski definition) is 8. The molecule has 0 bridgehead atoms. The number of aromatic nitrogens is 3. The van der Waals surface area contributed by atoms with Crippen LogP contribution in [-0.4, -0.2) is 39.6 Å². The third-order valence-corrected chi connectivity index (χ3v) is 5.75. The van der Waals surface area contributed by atoms with Crippen LogP contribution in [0, 0.1) is 6.92 Å². The molecule has 0 saturated carbocycles. The first-order chi connectivity index (χ1) is 15.2. The van der Waals surface area contributed by atoms with E-state index in [1.807, 2.05) is 37.3 Å². The van der Waals surface area contributed by atoms with Gasteiger partial charge in [0.05, 0.1) is 6.54 Å². The smallest absolute Gasteiger partial charge is 0.232 e. The van der Waals surface area contributed by atoms with Crippen LogP contribution in [0.3, 0.4) is 0 Å². The van der Waals surface area contributed by atoms with Gasteiger partial charge in [0.15, 0.2) is 11.5 Å². The van der Waals surface area contributed by atoms with Crippen molar-refractivity contribution in [1.29, 1.82) is 0 Å². The summed E-state index contributed by atoms with van der Waals surface area (Å²) < 4.78 is 11.4. The Bertz CT molecular complexity index is 1090. The van der Waals surface area contributed by atoms with Crippen LogP contribution in [0.5, 0.6) is 11.5 Å². The Balaban J connectivity index is 1.35. The lowest BCUT2D eigenvalue weighted by Gasteiger charge is -2.26. The minimum atomic E-state index is 0.219. The maximum absolute atomic E-state index is 6.00. The van der Waals surface area contributed by atoms with Gasteiger partial charge >= 0.3 is 0 Å². The highest BCUT2D eigenvalue weighted by Crippen LogP contribution is 2.38. The normalized spacial score (nSPS) is 18.2. The van der Waals surface area contributed by atoms with Gasteiger partial charge in [0, 0.05) is 11.7 Å². The SMILES string of the molecule is Cc1ccccc1Nc1nc(N)nc(CN2CCC[C@@H]2c2ccc3c(c2)OCCO3)n1. The quantitative estimate of drug-likeness (QED) is 0.648. The molecule has 31 heavy (non-hydrogen) atoms. The van der Waals surface area contributed by atoms with Gasteiger partial charge in [0.25, 0.3) is 0 Å². The molecule has 0 radical (unpaired) electrons. The van der Waals surface area contributed by atoms with E-state index in [0.717, 1.165) is 42.1 Å². The molecule has 0 amide bonds. The second kappa shape index (κ2) is 8.39. The van der Waals surface area contributed by atoms with Gasteiger partial charge in [-0.3, -0.25) is 4.90 Å². The number of para-hydroxylation sites is 1. The first kappa shape index (κ1) is 19.6. The van der Waals surface area contributed by atoms with E-state index in [2.05, 4.69) is 37.3 Å². The number of rotatable bonds is 5. The van der Waals surface area contributed by atoms with E-state index < -0.39 is 0 Å². The number of ether oxygens (including phenoxy) is 2. The topological polar surface area (TPSA) is 98.4 Å². The van der Waals surface area contributed by atoms with E-state index >= 15 is 0 Å². The Kier molecular flexibility index (Phi) is 5.30. The first-order valence-electron chi connectivity index (χ1n) is 10.6. The Morgan fingerprint density at radius 2 is 1.90 bits per heavy atom. The number of nitrogen functional groups attached to an aromatic ring is 1. The van der Waals surface area contributed by atoms with Gasteiger partial charge < -0.3 is 20.5 Å². The highest BCUT2D eigenvalue weighted by atomic mass is 16.6. The molecule has 2 aliphatic rings. The Hall–Kier alpha value is -3.39. The summed E-state index contributed by atoms with van der Waals surface area (Å²) in [6.45, 7) is 4.81. The molecular weight excluding hydrogens is 392 g/mol. The summed E-state index contributed by atoms with van der Waals surface area (Å²) in [6, 6.07) is 14.5. The van der Waals surface area contributed by atoms with E-state index in [-0.39, 0.29) is 12.0 Å². The molecule has 1 saturated heterocycles. The monoisotopic (exact) mass is 418 g/mol. The largest absolute Gasteiger partial charge is 0.486 e. The van der Waals surface area contributed by atoms with Gasteiger partial charge in [-0.1, -0.05) is 24.3 Å². The summed E-state index contributed by atoms with van der Waals surface area (Å²) >= 11 is 0. The third-order valence-electron chi connectivity index (χ3n) is 5.75. The molecule has 0 unspecified atom stereocenters. The molecule has 160 valence electrons. The molecule has 0 aliphatic carbocycles. The number of fused-ring (bicyclic) bond motifs is 1. The molecule has 1 aromatic heterocycles. The van der Waals surface area contributed by atoms with E-state index in [9.17, 15) is 0 Å². The summed E-state index contributed by atoms with van der Waals surface area (Å²) in [6.07, 6.45) is 2.20. The lowest BCUT2D eigenvalue weighted by Crippen LogP contribution is -2.25. The highest BCUT2D eigenvalue weighted by Gasteiger charge is 2.28. The van der Waals surface area contributed by atoms with E-state index in [0.29, 0.717) is 31.5 Å². The van der Waals surface area contributed by atoms with Crippen molar-refractivity contribution in [2.24, 2.45) is 0 Å². The van der Waals surface area contributed by atoms with Crippen LogP contribution in [0.4, 0.5) is 17.6 Å². The molecule has 8 heteroatoms. The van der Waals surface area contributed by atoms with Crippen molar-refractivity contribution in [2.45, 2.75) is 32.4 Å². The number of likely N-dealkylation sites (tertiary alicyclic amines) is 1. The van der Waals surface area contributed by atoms with Gasteiger partial charge in [-0.15, -0.1) is 0 Å². The van der Waals surface area contributed by atoms with Crippen molar-refractivity contribution in [3.63, 3.8) is 0 Å². The van der Waals surface area contributed by atoms with Crippen molar-refractivity contribution in [1.82, 2.24) is 19.9 Å². The van der Waals surface area contributed by atoms with Crippen LogP contribution in [0.25, 0.3) is 0 Å². The number of nitrogens with two attached hydrogens (primary N) is 1. The number of nitrogens with zero attached hydrogens (tertiary/aromatic N) is 4. The molecule has 3 N–H and O–H groups in total. The highest BCUT2D eigenvalue weighted by molar-refractivity contribution is 5.58. The first-order valence-corrected chi connectivity index (χ1v) is 10.6. The molecule has 2 aliphatic heterocycles. The van der Waals surface area contributed by atoms with Crippen LogP contribution in [0.15, 0.2) is 42.5 Å². The number of nitrogens with one attached hydrogen (secondary N) is 1. The van der Waals surface area contributed by atoms with Crippen molar-refractivity contribution in [3.8, 4) is 11.5 Å². The fourth-order valence-corrected chi connectivity index (χ4v) is 4.24. The number of anilines is 3. The number of benzene rings is 2. The van der Waals surface area contributed by atoms with Crippen LogP contribution in [0.2, 0.25) is 0 Å². The summed E-state index contributed by atoms with van der Waals surface area (Å²) in [7, 11) is 0. The Morgan fingerprint density at radius 1 is 1.06 bits per heavy atom. The predicted molar refractivity (Wildman–Crippen MR) is 119 cm³/mol. The van der Waals surface area contributed by atoms with Crippen LogP contribution < -0.4 is 20.5 Å². The van der Waals surface area contributed by atoms with Crippen LogP contribution in [-0.2, 0) is 6.54 Å². The van der Waals surface area contributed by atoms with Gasteiger partial charge in [-0.25, -0.2) is 0 Å². The third kappa shape index (κ3) is 4.25. The Morgan fingerprint density at radius 3 is 2.77 bits per heavy atom. The molecule has 1 atom stereocenters. The lowest BCUT2D eigenvalue weighted by molar-refractivity contribution is 0.170. The minimum Gasteiger partial charge on any atom is -0.486 e. The standard InChI is InChI=1S/C23H26N6O2/c1-15-5-2-3-6-17(15)25-23-27-21(26-22(24)28-23)14-29-10-4-7-18(29)16-8-9-19-20(13-16)31-12-11-30-19/h2-3,5-6,8-9,13,18H,4,7,10-12,14H2,1H3,(H3,24,25,26,27,28)/t18-/m1/s1. The summed E-state index contributed by atoms with van der Waals surface area (Å²) in [5.41, 5.74) is 9.29. The van der Waals surface area contributed by atoms with Crippen molar-refractivity contribution in [2.75, 3.05) is 30.8 Å². The molecule has 5 rings (SSSR count). The van der Waals surface area contributed by atoms with Gasteiger partial charge in [-0.2, -0.15) is 15.0 Å². The summed E-state index contributed by atoms with van der Waals surface area (Å²) in [4.78, 5) is 15.7. The molecule has 2 aromatic carbocycles. The van der Waals surface area contributed by atoms with Crippen LogP contribution >= 0.6 is 0 Å². The second-order valence-electron chi connectivity index (χ2n) is 7.90. The lowest BCUT2D eigenvalue weighted by atomic mass is 10.0.